The van der Waals surface area contributed by atoms with Gasteiger partial charge in [0.1, 0.15) is 11.3 Å². The van der Waals surface area contributed by atoms with Crippen LogP contribution in [0, 0.1) is 0 Å². The van der Waals surface area contributed by atoms with Crippen LogP contribution in [0.15, 0.2) is 17.4 Å². The molecule has 2 aromatic heterocycles. The monoisotopic (exact) mass is 302 g/mol. The summed E-state index contributed by atoms with van der Waals surface area (Å²) < 4.78 is 2.21. The molecular weight excluding hydrogens is 284 g/mol. The first-order valence-electron chi connectivity index (χ1n) is 7.45. The van der Waals surface area contributed by atoms with Crippen molar-refractivity contribution < 1.29 is 4.79 Å². The van der Waals surface area contributed by atoms with E-state index >= 15 is 0 Å². The summed E-state index contributed by atoms with van der Waals surface area (Å²) in [5, 5.41) is 4.80. The lowest BCUT2D eigenvalue weighted by Crippen LogP contribution is -2.52. The summed E-state index contributed by atoms with van der Waals surface area (Å²) in [5.74, 6) is 0.00917. The standard InChI is InChI=1S/C15H18N4OS/c1-21-14-16-8-10-7-11-13(20)17-9-15(5-3-2-4-6-15)19(11)12(10)18-14/h7-8H,2-6,9H2,1H3,(H,17,20). The van der Waals surface area contributed by atoms with E-state index in [1.807, 2.05) is 18.5 Å². The molecular formula is C15H18N4OS. The minimum atomic E-state index is 0.00722. The van der Waals surface area contributed by atoms with E-state index in [1.165, 1.54) is 31.0 Å². The smallest absolute Gasteiger partial charge is 0.268 e. The maximum absolute atomic E-state index is 12.3. The summed E-state index contributed by atoms with van der Waals surface area (Å²) in [6, 6.07) is 1.93. The van der Waals surface area contributed by atoms with Gasteiger partial charge in [-0.1, -0.05) is 31.0 Å². The fourth-order valence-corrected chi connectivity index (χ4v) is 4.08. The van der Waals surface area contributed by atoms with Gasteiger partial charge in [-0.25, -0.2) is 9.97 Å². The van der Waals surface area contributed by atoms with Gasteiger partial charge in [0.15, 0.2) is 5.16 Å². The maximum atomic E-state index is 12.3. The summed E-state index contributed by atoms with van der Waals surface area (Å²) >= 11 is 1.54. The Labute approximate surface area is 127 Å². The van der Waals surface area contributed by atoms with Gasteiger partial charge in [-0.2, -0.15) is 0 Å². The first-order chi connectivity index (χ1) is 10.2. The molecule has 1 spiro atoms. The quantitative estimate of drug-likeness (QED) is 0.649. The fourth-order valence-electron chi connectivity index (χ4n) is 3.74. The highest BCUT2D eigenvalue weighted by Crippen LogP contribution is 2.40. The molecule has 1 saturated carbocycles. The molecule has 0 radical (unpaired) electrons. The van der Waals surface area contributed by atoms with E-state index in [9.17, 15) is 4.79 Å². The highest BCUT2D eigenvalue weighted by molar-refractivity contribution is 7.98. The number of amides is 1. The first kappa shape index (κ1) is 13.1. The number of carbonyl (C=O) groups is 1. The van der Waals surface area contributed by atoms with Gasteiger partial charge < -0.3 is 9.88 Å². The van der Waals surface area contributed by atoms with Crippen LogP contribution >= 0.6 is 11.8 Å². The van der Waals surface area contributed by atoms with E-state index in [2.05, 4.69) is 19.9 Å². The van der Waals surface area contributed by atoms with E-state index in [1.54, 1.807) is 0 Å². The highest BCUT2D eigenvalue weighted by Gasteiger charge is 2.41. The van der Waals surface area contributed by atoms with Crippen LogP contribution < -0.4 is 5.32 Å². The van der Waals surface area contributed by atoms with Crippen molar-refractivity contribution in [1.82, 2.24) is 19.9 Å². The topological polar surface area (TPSA) is 59.8 Å². The number of nitrogens with zero attached hydrogens (tertiary/aromatic N) is 3. The van der Waals surface area contributed by atoms with Gasteiger partial charge in [0.2, 0.25) is 0 Å². The minimum Gasteiger partial charge on any atom is -0.348 e. The average molecular weight is 302 g/mol. The van der Waals surface area contributed by atoms with Crippen molar-refractivity contribution in [2.45, 2.75) is 42.8 Å². The van der Waals surface area contributed by atoms with E-state index in [0.29, 0.717) is 0 Å². The van der Waals surface area contributed by atoms with Crippen molar-refractivity contribution in [2.75, 3.05) is 12.8 Å². The zero-order valence-corrected chi connectivity index (χ0v) is 12.9. The third-order valence-corrected chi connectivity index (χ3v) is 5.33. The Balaban J connectivity index is 1.99. The Morgan fingerprint density at radius 2 is 2.14 bits per heavy atom. The lowest BCUT2D eigenvalue weighted by atomic mass is 9.80. The Hall–Kier alpha value is -1.56. The first-order valence-corrected chi connectivity index (χ1v) is 8.67. The number of hydrogen-bond acceptors (Lipinski definition) is 4. The molecule has 2 aromatic rings. The maximum Gasteiger partial charge on any atom is 0.268 e. The van der Waals surface area contributed by atoms with E-state index in [0.717, 1.165) is 41.3 Å². The molecule has 6 heteroatoms. The van der Waals surface area contributed by atoms with Gasteiger partial charge in [-0.3, -0.25) is 4.79 Å². The average Bonchev–Trinajstić information content (AvgIpc) is 2.92. The fraction of sp³-hybridized carbons (Fsp3) is 0.533. The summed E-state index contributed by atoms with van der Waals surface area (Å²) in [6.45, 7) is 0.723. The van der Waals surface area contributed by atoms with Gasteiger partial charge in [-0.05, 0) is 25.2 Å². The third kappa shape index (κ3) is 1.88. The summed E-state index contributed by atoms with van der Waals surface area (Å²) in [5.41, 5.74) is 1.67. The van der Waals surface area contributed by atoms with E-state index in [4.69, 9.17) is 0 Å². The van der Waals surface area contributed by atoms with Crippen molar-refractivity contribution in [3.63, 3.8) is 0 Å². The van der Waals surface area contributed by atoms with Crippen LogP contribution in [0.3, 0.4) is 0 Å². The molecule has 5 nitrogen and oxygen atoms in total. The molecule has 0 saturated heterocycles. The van der Waals surface area contributed by atoms with Gasteiger partial charge >= 0.3 is 0 Å². The van der Waals surface area contributed by atoms with Crippen LogP contribution in [0.5, 0.6) is 0 Å². The number of aromatic nitrogens is 3. The van der Waals surface area contributed by atoms with Crippen LogP contribution in [0.25, 0.3) is 11.0 Å². The summed E-state index contributed by atoms with van der Waals surface area (Å²) in [4.78, 5) is 21.3. The van der Waals surface area contributed by atoms with Gasteiger partial charge in [0, 0.05) is 18.1 Å². The van der Waals surface area contributed by atoms with Crippen LogP contribution in [-0.2, 0) is 5.54 Å². The summed E-state index contributed by atoms with van der Waals surface area (Å²) in [7, 11) is 0. The largest absolute Gasteiger partial charge is 0.348 e. The second kappa shape index (κ2) is 4.73. The molecule has 0 unspecified atom stereocenters. The summed E-state index contributed by atoms with van der Waals surface area (Å²) in [6.07, 6.45) is 9.76. The molecule has 0 bridgehead atoms. The third-order valence-electron chi connectivity index (χ3n) is 4.77. The predicted octanol–water partition coefficient (Wildman–Crippen LogP) is 2.56. The molecule has 1 amide bonds. The van der Waals surface area contributed by atoms with Crippen molar-refractivity contribution in [3.8, 4) is 0 Å². The predicted molar refractivity (Wildman–Crippen MR) is 82.7 cm³/mol. The van der Waals surface area contributed by atoms with Gasteiger partial charge in [0.05, 0.1) is 5.54 Å². The normalized spacial score (nSPS) is 20.5. The van der Waals surface area contributed by atoms with Crippen molar-refractivity contribution in [3.05, 3.63) is 18.0 Å². The Kier molecular flexibility index (Phi) is 2.96. The molecule has 4 rings (SSSR count). The van der Waals surface area contributed by atoms with Crippen molar-refractivity contribution in [2.24, 2.45) is 0 Å². The van der Waals surface area contributed by atoms with Crippen LogP contribution in [0.4, 0.5) is 0 Å². The SMILES string of the molecule is CSc1ncc2cc3n(c2n1)C1(CCCCC1)CNC3=O. The second-order valence-corrected chi connectivity index (χ2v) is 6.74. The number of thioether (sulfide) groups is 1. The van der Waals surface area contributed by atoms with Crippen LogP contribution in [0.1, 0.15) is 42.6 Å². The minimum absolute atomic E-state index is 0.00722. The molecule has 0 aromatic carbocycles. The number of rotatable bonds is 1. The number of hydrogen-bond donors (Lipinski definition) is 1. The van der Waals surface area contributed by atoms with E-state index in [-0.39, 0.29) is 11.4 Å². The Morgan fingerprint density at radius 3 is 2.90 bits per heavy atom. The lowest BCUT2D eigenvalue weighted by molar-refractivity contribution is 0.0833. The molecule has 3 heterocycles. The molecule has 1 aliphatic carbocycles. The van der Waals surface area contributed by atoms with Crippen molar-refractivity contribution in [1.29, 1.82) is 0 Å². The lowest BCUT2D eigenvalue weighted by Gasteiger charge is -2.42. The Bertz CT molecular complexity index is 718. The van der Waals surface area contributed by atoms with Crippen LogP contribution in [0.2, 0.25) is 0 Å². The van der Waals surface area contributed by atoms with Crippen LogP contribution in [-0.4, -0.2) is 33.2 Å². The zero-order valence-electron chi connectivity index (χ0n) is 12.1. The molecule has 110 valence electrons. The number of fused-ring (bicyclic) bond motifs is 4. The number of nitrogens with one attached hydrogen (secondary N) is 1. The molecule has 1 aliphatic heterocycles. The van der Waals surface area contributed by atoms with E-state index < -0.39 is 0 Å². The Morgan fingerprint density at radius 1 is 1.33 bits per heavy atom. The molecule has 21 heavy (non-hydrogen) atoms. The molecule has 2 aliphatic rings. The second-order valence-electron chi connectivity index (χ2n) is 5.97. The van der Waals surface area contributed by atoms with Gasteiger partial charge in [0.25, 0.3) is 5.91 Å². The molecule has 1 N–H and O–H groups in total. The molecule has 0 atom stereocenters. The zero-order chi connectivity index (χ0) is 14.4. The van der Waals surface area contributed by atoms with Crippen molar-refractivity contribution >= 4 is 28.7 Å². The highest BCUT2D eigenvalue weighted by atomic mass is 32.2. The molecule has 1 fully saturated rings. The van der Waals surface area contributed by atoms with Gasteiger partial charge in [-0.15, -0.1) is 0 Å². The number of carbonyl (C=O) groups excluding carboxylic acids is 1.